The van der Waals surface area contributed by atoms with Crippen LogP contribution in [0, 0.1) is 0 Å². The quantitative estimate of drug-likeness (QED) is 0.886. The van der Waals surface area contributed by atoms with Crippen LogP contribution in [-0.2, 0) is 9.59 Å². The van der Waals surface area contributed by atoms with Gasteiger partial charge in [-0.3, -0.25) is 14.4 Å². The average Bonchev–Trinajstić information content (AvgIpc) is 2.74. The van der Waals surface area contributed by atoms with Crippen LogP contribution in [0.2, 0.25) is 0 Å². The number of carbonyl (C=O) groups is 3. The van der Waals surface area contributed by atoms with Crippen LogP contribution < -0.4 is 10.6 Å². The minimum Gasteiger partial charge on any atom is -0.326 e. The Hall–Kier alpha value is -2.02. The van der Waals surface area contributed by atoms with E-state index in [1.165, 1.54) is 23.6 Å². The van der Waals surface area contributed by atoms with Gasteiger partial charge in [-0.1, -0.05) is 17.8 Å². The van der Waals surface area contributed by atoms with Gasteiger partial charge in [-0.15, -0.1) is 0 Å². The largest absolute Gasteiger partial charge is 0.326 e. The van der Waals surface area contributed by atoms with Gasteiger partial charge >= 0.3 is 0 Å². The van der Waals surface area contributed by atoms with E-state index in [0.29, 0.717) is 17.9 Å². The summed E-state index contributed by atoms with van der Waals surface area (Å²) in [6.07, 6.45) is 0. The molecule has 1 aromatic carbocycles. The van der Waals surface area contributed by atoms with Gasteiger partial charge in [-0.25, -0.2) is 0 Å². The van der Waals surface area contributed by atoms with Crippen LogP contribution >= 0.6 is 11.8 Å². The third kappa shape index (κ3) is 3.99. The van der Waals surface area contributed by atoms with Crippen LogP contribution in [0.15, 0.2) is 24.3 Å². The summed E-state index contributed by atoms with van der Waals surface area (Å²) < 4.78 is 0. The van der Waals surface area contributed by atoms with E-state index in [1.807, 2.05) is 0 Å². The molecule has 7 heteroatoms. The topological polar surface area (TPSA) is 78.5 Å². The molecule has 0 spiro atoms. The normalized spacial score (nSPS) is 14.2. The summed E-state index contributed by atoms with van der Waals surface area (Å²) in [6.45, 7) is 2.07. The number of thioether (sulfide) groups is 1. The lowest BCUT2D eigenvalue weighted by Crippen LogP contribution is -2.33. The van der Waals surface area contributed by atoms with E-state index in [2.05, 4.69) is 10.6 Å². The minimum atomic E-state index is -0.249. The molecule has 0 radical (unpaired) electrons. The standard InChI is InChI=1S/C13H15N3O3S/c1-9(17)14-10-3-2-4-11(7-10)15-12(18)8-16-5-6-20-13(16)19/h2-4,7H,5-6,8H2,1H3,(H,14,17)(H,15,18). The van der Waals surface area contributed by atoms with Crippen LogP contribution in [0.3, 0.4) is 0 Å². The fourth-order valence-corrected chi connectivity index (χ4v) is 2.65. The number of benzene rings is 1. The number of rotatable bonds is 4. The van der Waals surface area contributed by atoms with Crippen molar-refractivity contribution in [3.05, 3.63) is 24.3 Å². The molecule has 0 aromatic heterocycles. The van der Waals surface area contributed by atoms with Gasteiger partial charge in [0.1, 0.15) is 6.54 Å². The van der Waals surface area contributed by atoms with Crippen LogP contribution in [0.25, 0.3) is 0 Å². The Morgan fingerprint density at radius 3 is 2.60 bits per heavy atom. The number of nitrogens with one attached hydrogen (secondary N) is 2. The fraction of sp³-hybridized carbons (Fsp3) is 0.308. The number of hydrogen-bond acceptors (Lipinski definition) is 4. The molecule has 1 aliphatic heterocycles. The second-order valence-corrected chi connectivity index (χ2v) is 5.39. The van der Waals surface area contributed by atoms with E-state index >= 15 is 0 Å². The molecule has 0 aliphatic carbocycles. The Labute approximate surface area is 120 Å². The second-order valence-electron chi connectivity index (χ2n) is 4.35. The van der Waals surface area contributed by atoms with Gasteiger partial charge in [0.05, 0.1) is 0 Å². The first-order chi connectivity index (χ1) is 9.54. The molecule has 0 atom stereocenters. The highest BCUT2D eigenvalue weighted by Crippen LogP contribution is 2.18. The monoisotopic (exact) mass is 293 g/mol. The molecule has 2 rings (SSSR count). The zero-order valence-electron chi connectivity index (χ0n) is 11.0. The summed E-state index contributed by atoms with van der Waals surface area (Å²) in [4.78, 5) is 35.7. The van der Waals surface area contributed by atoms with Crippen molar-refractivity contribution in [1.82, 2.24) is 4.90 Å². The van der Waals surface area contributed by atoms with Crippen molar-refractivity contribution < 1.29 is 14.4 Å². The van der Waals surface area contributed by atoms with Crippen molar-refractivity contribution >= 4 is 40.2 Å². The smallest absolute Gasteiger partial charge is 0.282 e. The van der Waals surface area contributed by atoms with Crippen LogP contribution in [0.1, 0.15) is 6.92 Å². The predicted molar refractivity (Wildman–Crippen MR) is 78.8 cm³/mol. The van der Waals surface area contributed by atoms with Crippen LogP contribution in [0.4, 0.5) is 16.2 Å². The van der Waals surface area contributed by atoms with E-state index in [1.54, 1.807) is 24.3 Å². The van der Waals surface area contributed by atoms with Gasteiger partial charge in [0, 0.05) is 30.6 Å². The molecule has 2 N–H and O–H groups in total. The van der Waals surface area contributed by atoms with Crippen molar-refractivity contribution in [3.63, 3.8) is 0 Å². The molecule has 1 aromatic rings. The Morgan fingerprint density at radius 2 is 2.00 bits per heavy atom. The first-order valence-corrected chi connectivity index (χ1v) is 7.12. The molecule has 0 saturated carbocycles. The molecule has 20 heavy (non-hydrogen) atoms. The fourth-order valence-electron chi connectivity index (χ4n) is 1.82. The van der Waals surface area contributed by atoms with Gasteiger partial charge in [0.2, 0.25) is 11.8 Å². The van der Waals surface area contributed by atoms with E-state index in [0.717, 1.165) is 5.75 Å². The molecule has 6 nitrogen and oxygen atoms in total. The van der Waals surface area contributed by atoms with Crippen molar-refractivity contribution in [2.45, 2.75) is 6.92 Å². The predicted octanol–water partition coefficient (Wildman–Crippen LogP) is 1.75. The molecular formula is C13H15N3O3S. The highest BCUT2D eigenvalue weighted by Gasteiger charge is 2.23. The Kier molecular flexibility index (Phi) is 4.62. The molecule has 0 unspecified atom stereocenters. The second kappa shape index (κ2) is 6.42. The minimum absolute atomic E-state index is 0.0518. The molecule has 1 heterocycles. The molecule has 106 valence electrons. The average molecular weight is 293 g/mol. The van der Waals surface area contributed by atoms with Crippen molar-refractivity contribution in [3.8, 4) is 0 Å². The van der Waals surface area contributed by atoms with Gasteiger partial charge in [0.15, 0.2) is 0 Å². The summed E-state index contributed by atoms with van der Waals surface area (Å²) in [5, 5.41) is 5.29. The lowest BCUT2D eigenvalue weighted by Gasteiger charge is -2.14. The molecule has 3 amide bonds. The van der Waals surface area contributed by atoms with Crippen LogP contribution in [0.5, 0.6) is 0 Å². The lowest BCUT2D eigenvalue weighted by atomic mass is 10.2. The third-order valence-corrected chi connectivity index (χ3v) is 3.54. The first-order valence-electron chi connectivity index (χ1n) is 6.14. The van der Waals surface area contributed by atoms with Crippen molar-refractivity contribution in [1.29, 1.82) is 0 Å². The zero-order chi connectivity index (χ0) is 14.5. The summed E-state index contributed by atoms with van der Waals surface area (Å²) in [7, 11) is 0. The lowest BCUT2D eigenvalue weighted by molar-refractivity contribution is -0.116. The summed E-state index contributed by atoms with van der Waals surface area (Å²) in [6, 6.07) is 6.86. The third-order valence-electron chi connectivity index (χ3n) is 2.65. The first kappa shape index (κ1) is 14.4. The summed E-state index contributed by atoms with van der Waals surface area (Å²) in [5.41, 5.74) is 1.20. The molecule has 0 bridgehead atoms. The van der Waals surface area contributed by atoms with E-state index in [-0.39, 0.29) is 23.6 Å². The number of nitrogens with zero attached hydrogens (tertiary/aromatic N) is 1. The maximum atomic E-state index is 11.8. The van der Waals surface area contributed by atoms with E-state index < -0.39 is 0 Å². The van der Waals surface area contributed by atoms with Gasteiger partial charge in [-0.05, 0) is 18.2 Å². The Morgan fingerprint density at radius 1 is 1.30 bits per heavy atom. The van der Waals surface area contributed by atoms with Gasteiger partial charge in [0.25, 0.3) is 5.24 Å². The molecular weight excluding hydrogens is 278 g/mol. The van der Waals surface area contributed by atoms with Gasteiger partial charge < -0.3 is 15.5 Å². The molecule has 1 aliphatic rings. The summed E-state index contributed by atoms with van der Waals surface area (Å²) >= 11 is 1.22. The maximum absolute atomic E-state index is 11.8. The number of carbonyl (C=O) groups excluding carboxylic acids is 3. The van der Waals surface area contributed by atoms with E-state index in [9.17, 15) is 14.4 Å². The number of anilines is 2. The molecule has 1 saturated heterocycles. The summed E-state index contributed by atoms with van der Waals surface area (Å²) in [5.74, 6) is 0.304. The van der Waals surface area contributed by atoms with Gasteiger partial charge in [-0.2, -0.15) is 0 Å². The number of amides is 3. The molecule has 1 fully saturated rings. The Bertz CT molecular complexity index is 547. The SMILES string of the molecule is CC(=O)Nc1cccc(NC(=O)CN2CCSC2=O)c1. The number of hydrogen-bond donors (Lipinski definition) is 2. The van der Waals surface area contributed by atoms with E-state index in [4.69, 9.17) is 0 Å². The van der Waals surface area contributed by atoms with Crippen molar-refractivity contribution in [2.75, 3.05) is 29.5 Å². The zero-order valence-corrected chi connectivity index (χ0v) is 11.8. The highest BCUT2D eigenvalue weighted by molar-refractivity contribution is 8.13. The van der Waals surface area contributed by atoms with Crippen molar-refractivity contribution in [2.24, 2.45) is 0 Å². The Balaban J connectivity index is 1.93. The highest BCUT2D eigenvalue weighted by atomic mass is 32.2. The maximum Gasteiger partial charge on any atom is 0.282 e. The van der Waals surface area contributed by atoms with Crippen LogP contribution in [-0.4, -0.2) is 40.8 Å².